The summed E-state index contributed by atoms with van der Waals surface area (Å²) in [5, 5.41) is 0. The van der Waals surface area contributed by atoms with Crippen LogP contribution in [0.25, 0.3) is 0 Å². The van der Waals surface area contributed by atoms with E-state index in [0.717, 1.165) is 18.4 Å². The van der Waals surface area contributed by atoms with Crippen LogP contribution in [0.5, 0.6) is 0 Å². The minimum Gasteiger partial charge on any atom is -0.445 e. The molecule has 0 saturated heterocycles. The van der Waals surface area contributed by atoms with E-state index in [-0.39, 0.29) is 18.2 Å². The van der Waals surface area contributed by atoms with Crippen LogP contribution in [-0.4, -0.2) is 29.6 Å². The Balaban J connectivity index is 1.86. The maximum Gasteiger partial charge on any atom is 0.410 e. The summed E-state index contributed by atoms with van der Waals surface area (Å²) in [6.07, 6.45) is 1.71. The molecule has 1 aliphatic carbocycles. The molecule has 1 aromatic rings. The van der Waals surface area contributed by atoms with Crippen molar-refractivity contribution in [3.63, 3.8) is 0 Å². The molecule has 1 amide bonds. The van der Waals surface area contributed by atoms with Crippen molar-refractivity contribution in [1.29, 1.82) is 0 Å². The van der Waals surface area contributed by atoms with Crippen LogP contribution in [0.15, 0.2) is 30.3 Å². The fourth-order valence-electron chi connectivity index (χ4n) is 2.20. The Hall–Kier alpha value is -1.55. The lowest BCUT2D eigenvalue weighted by molar-refractivity contribution is 0.0567. The normalized spacial score (nSPS) is 22.1. The number of hydrogen-bond donors (Lipinski definition) is 1. The minimum absolute atomic E-state index is 0.106. The zero-order valence-corrected chi connectivity index (χ0v) is 10.7. The second-order valence-corrected chi connectivity index (χ2v) is 4.63. The number of hydrogen-bond acceptors (Lipinski definition) is 3. The van der Waals surface area contributed by atoms with Gasteiger partial charge in [0.25, 0.3) is 0 Å². The summed E-state index contributed by atoms with van der Waals surface area (Å²) in [5.74, 6) is 0. The summed E-state index contributed by atoms with van der Waals surface area (Å²) < 4.78 is 5.32. The molecule has 0 bridgehead atoms. The van der Waals surface area contributed by atoms with Gasteiger partial charge in [-0.25, -0.2) is 4.79 Å². The van der Waals surface area contributed by atoms with Gasteiger partial charge in [-0.2, -0.15) is 0 Å². The number of amides is 1. The fourth-order valence-corrected chi connectivity index (χ4v) is 2.20. The Morgan fingerprint density at radius 1 is 1.39 bits per heavy atom. The molecule has 0 aliphatic heterocycles. The van der Waals surface area contributed by atoms with Gasteiger partial charge in [0.1, 0.15) is 6.61 Å². The van der Waals surface area contributed by atoms with E-state index in [0.29, 0.717) is 13.2 Å². The molecule has 0 spiro atoms. The predicted octanol–water partition coefficient (Wildman–Crippen LogP) is 2.13. The Bertz CT molecular complexity index is 394. The molecule has 1 aromatic carbocycles. The summed E-state index contributed by atoms with van der Waals surface area (Å²) in [6.45, 7) is 2.92. The van der Waals surface area contributed by atoms with E-state index in [1.807, 2.05) is 37.3 Å². The fraction of sp³-hybridized carbons (Fsp3) is 0.500. The van der Waals surface area contributed by atoms with Crippen molar-refractivity contribution in [2.75, 3.05) is 6.54 Å². The summed E-state index contributed by atoms with van der Waals surface area (Å²) in [6, 6.07) is 9.95. The van der Waals surface area contributed by atoms with Crippen molar-refractivity contribution in [2.45, 2.75) is 38.5 Å². The molecule has 2 atom stereocenters. The number of nitrogens with two attached hydrogens (primary N) is 1. The van der Waals surface area contributed by atoms with E-state index in [9.17, 15) is 4.79 Å². The monoisotopic (exact) mass is 248 g/mol. The molecule has 0 aromatic heterocycles. The second kappa shape index (κ2) is 5.87. The number of nitrogens with zero attached hydrogens (tertiary/aromatic N) is 1. The number of ether oxygens (including phenoxy) is 1. The molecule has 1 aliphatic rings. The van der Waals surface area contributed by atoms with Crippen LogP contribution in [0, 0.1) is 0 Å². The highest BCUT2D eigenvalue weighted by Gasteiger charge is 2.35. The maximum absolute atomic E-state index is 12.0. The van der Waals surface area contributed by atoms with Gasteiger partial charge in [0, 0.05) is 12.6 Å². The SMILES string of the molecule is CCN(C(=O)OCc1ccccc1)[C@H]1CC[C@@H]1N. The summed E-state index contributed by atoms with van der Waals surface area (Å²) in [5.41, 5.74) is 6.89. The molecule has 2 rings (SSSR count). The van der Waals surface area contributed by atoms with Gasteiger partial charge in [0.2, 0.25) is 0 Å². The van der Waals surface area contributed by atoms with E-state index in [4.69, 9.17) is 10.5 Å². The van der Waals surface area contributed by atoms with Crippen LogP contribution < -0.4 is 5.73 Å². The molecule has 2 N–H and O–H groups in total. The third-order valence-corrected chi connectivity index (χ3v) is 3.47. The first-order chi connectivity index (χ1) is 8.72. The zero-order valence-electron chi connectivity index (χ0n) is 10.7. The predicted molar refractivity (Wildman–Crippen MR) is 70.0 cm³/mol. The van der Waals surface area contributed by atoms with Crippen LogP contribution in [0.4, 0.5) is 4.79 Å². The van der Waals surface area contributed by atoms with Crippen LogP contribution in [-0.2, 0) is 11.3 Å². The first kappa shape index (κ1) is 12.9. The lowest BCUT2D eigenvalue weighted by Crippen LogP contribution is -2.56. The van der Waals surface area contributed by atoms with Gasteiger partial charge in [0.15, 0.2) is 0 Å². The molecule has 18 heavy (non-hydrogen) atoms. The molecular weight excluding hydrogens is 228 g/mol. The van der Waals surface area contributed by atoms with Gasteiger partial charge >= 0.3 is 6.09 Å². The second-order valence-electron chi connectivity index (χ2n) is 4.63. The average molecular weight is 248 g/mol. The third-order valence-electron chi connectivity index (χ3n) is 3.47. The Kier molecular flexibility index (Phi) is 4.20. The van der Waals surface area contributed by atoms with Crippen LogP contribution in [0.1, 0.15) is 25.3 Å². The molecule has 4 heteroatoms. The first-order valence-electron chi connectivity index (χ1n) is 6.45. The van der Waals surface area contributed by atoms with Gasteiger partial charge < -0.3 is 15.4 Å². The number of carbonyl (C=O) groups excluding carboxylic acids is 1. The summed E-state index contributed by atoms with van der Waals surface area (Å²) in [4.78, 5) is 13.7. The van der Waals surface area contributed by atoms with E-state index in [2.05, 4.69) is 0 Å². The first-order valence-corrected chi connectivity index (χ1v) is 6.45. The highest BCUT2D eigenvalue weighted by atomic mass is 16.6. The lowest BCUT2D eigenvalue weighted by atomic mass is 9.86. The molecular formula is C14H20N2O2. The minimum atomic E-state index is -0.262. The molecule has 1 saturated carbocycles. The molecule has 98 valence electrons. The van der Waals surface area contributed by atoms with Gasteiger partial charge in [-0.3, -0.25) is 0 Å². The lowest BCUT2D eigenvalue weighted by Gasteiger charge is -2.41. The van der Waals surface area contributed by atoms with Crippen LogP contribution >= 0.6 is 0 Å². The van der Waals surface area contributed by atoms with E-state index >= 15 is 0 Å². The number of rotatable bonds is 4. The molecule has 0 unspecified atom stereocenters. The van der Waals surface area contributed by atoms with Gasteiger partial charge in [-0.1, -0.05) is 30.3 Å². The Morgan fingerprint density at radius 3 is 2.61 bits per heavy atom. The number of carbonyl (C=O) groups is 1. The molecule has 1 fully saturated rings. The number of benzene rings is 1. The highest BCUT2D eigenvalue weighted by molar-refractivity contribution is 5.68. The Morgan fingerprint density at radius 2 is 2.11 bits per heavy atom. The third kappa shape index (κ3) is 2.82. The maximum atomic E-state index is 12.0. The quantitative estimate of drug-likeness (QED) is 0.888. The van der Waals surface area contributed by atoms with Crippen molar-refractivity contribution in [1.82, 2.24) is 4.90 Å². The molecule has 0 radical (unpaired) electrons. The van der Waals surface area contributed by atoms with Gasteiger partial charge in [0.05, 0.1) is 6.04 Å². The van der Waals surface area contributed by atoms with Crippen LogP contribution in [0.3, 0.4) is 0 Å². The van der Waals surface area contributed by atoms with Gasteiger partial charge in [-0.15, -0.1) is 0 Å². The van der Waals surface area contributed by atoms with Crippen molar-refractivity contribution in [2.24, 2.45) is 5.73 Å². The van der Waals surface area contributed by atoms with E-state index in [1.165, 1.54) is 0 Å². The molecule has 4 nitrogen and oxygen atoms in total. The summed E-state index contributed by atoms with van der Waals surface area (Å²) >= 11 is 0. The van der Waals surface area contributed by atoms with Crippen molar-refractivity contribution >= 4 is 6.09 Å². The van der Waals surface area contributed by atoms with Crippen molar-refractivity contribution < 1.29 is 9.53 Å². The van der Waals surface area contributed by atoms with Gasteiger partial charge in [-0.05, 0) is 25.3 Å². The van der Waals surface area contributed by atoms with Crippen molar-refractivity contribution in [3.8, 4) is 0 Å². The van der Waals surface area contributed by atoms with Crippen LogP contribution in [0.2, 0.25) is 0 Å². The van der Waals surface area contributed by atoms with E-state index in [1.54, 1.807) is 4.90 Å². The molecule has 0 heterocycles. The smallest absolute Gasteiger partial charge is 0.410 e. The highest BCUT2D eigenvalue weighted by Crippen LogP contribution is 2.24. The van der Waals surface area contributed by atoms with Crippen molar-refractivity contribution in [3.05, 3.63) is 35.9 Å². The number of likely N-dealkylation sites (N-methyl/N-ethyl adjacent to an activating group) is 1. The standard InChI is InChI=1S/C14H20N2O2/c1-2-16(13-9-8-12(13)15)14(17)18-10-11-6-4-3-5-7-11/h3-7,12-13H,2,8-10,15H2,1H3/t12-,13-/m0/s1. The van der Waals surface area contributed by atoms with E-state index < -0.39 is 0 Å². The Labute approximate surface area is 108 Å². The largest absolute Gasteiger partial charge is 0.445 e. The summed E-state index contributed by atoms with van der Waals surface area (Å²) in [7, 11) is 0. The topological polar surface area (TPSA) is 55.6 Å². The zero-order chi connectivity index (χ0) is 13.0. The average Bonchev–Trinajstić information content (AvgIpc) is 2.41.